The number of likely N-dealkylation sites (N-methyl/N-ethyl adjacent to an activating group) is 1. The van der Waals surface area contributed by atoms with Crippen molar-refractivity contribution in [2.45, 2.75) is 60.0 Å². The second kappa shape index (κ2) is 21.8. The first kappa shape index (κ1) is 41.9. The lowest BCUT2D eigenvalue weighted by atomic mass is 9.80. The number of amides is 3. The molecule has 1 unspecified atom stereocenters. The highest BCUT2D eigenvalue weighted by Gasteiger charge is 2.25. The third kappa shape index (κ3) is 16.0. The first-order valence-electron chi connectivity index (χ1n) is 16.8. The number of hydrogen-bond acceptors (Lipinski definition) is 8. The van der Waals surface area contributed by atoms with Crippen molar-refractivity contribution < 1.29 is 46.8 Å². The highest BCUT2D eigenvalue weighted by molar-refractivity contribution is 5.86. The number of rotatable bonds is 23. The SMILES string of the molecule is C=CC(=O)N(C)CC(C)OC(=O)NCCOCCOc1cc(F)cc(CC(C)(C)CC(=O)NCCOCCOc2cc(F)ccc2C)c1CC. The van der Waals surface area contributed by atoms with E-state index >= 15 is 0 Å². The van der Waals surface area contributed by atoms with Crippen LogP contribution in [0.3, 0.4) is 0 Å². The maximum absolute atomic E-state index is 14.7. The molecule has 0 aliphatic rings. The second-order valence-electron chi connectivity index (χ2n) is 12.7. The molecule has 0 radical (unpaired) electrons. The van der Waals surface area contributed by atoms with E-state index in [-0.39, 0.29) is 63.6 Å². The summed E-state index contributed by atoms with van der Waals surface area (Å²) in [6.45, 7) is 15.0. The van der Waals surface area contributed by atoms with Crippen LogP contribution in [0.25, 0.3) is 0 Å². The molecule has 0 saturated heterocycles. The summed E-state index contributed by atoms with van der Waals surface area (Å²) in [5, 5.41) is 5.45. The van der Waals surface area contributed by atoms with Gasteiger partial charge in [0, 0.05) is 38.7 Å². The Bertz CT molecular complexity index is 1410. The molecule has 3 amide bonds. The number of halogens is 2. The molecule has 0 saturated carbocycles. The Morgan fingerprint density at radius 3 is 2.18 bits per heavy atom. The van der Waals surface area contributed by atoms with Crippen molar-refractivity contribution in [3.8, 4) is 11.5 Å². The van der Waals surface area contributed by atoms with E-state index in [2.05, 4.69) is 17.2 Å². The predicted molar refractivity (Wildman–Crippen MR) is 186 cm³/mol. The standard InChI is InChI=1S/C37H53F2N3O8/c1-8-31-28(23-37(5,6)24-34(43)40-12-14-46-16-18-48-32-21-29(38)11-10-26(32)3)20-30(39)22-33(31)49-19-17-47-15-13-41-36(45)50-27(4)25-42(7)35(44)9-2/h9-11,20-22,27H,2,8,12-19,23-25H2,1,3-7H3,(H,40,43)(H,41,45). The van der Waals surface area contributed by atoms with Gasteiger partial charge in [0.15, 0.2) is 0 Å². The van der Waals surface area contributed by atoms with Gasteiger partial charge in [0.25, 0.3) is 0 Å². The summed E-state index contributed by atoms with van der Waals surface area (Å²) < 4.78 is 55.8. The van der Waals surface area contributed by atoms with E-state index in [9.17, 15) is 23.2 Å². The van der Waals surface area contributed by atoms with Crippen molar-refractivity contribution in [1.29, 1.82) is 0 Å². The third-order valence-electron chi connectivity index (χ3n) is 7.52. The Morgan fingerprint density at radius 2 is 1.54 bits per heavy atom. The average Bonchev–Trinajstić information content (AvgIpc) is 3.04. The molecule has 2 N–H and O–H groups in total. The number of carbonyl (C=O) groups is 3. The van der Waals surface area contributed by atoms with Crippen LogP contribution in [0.4, 0.5) is 13.6 Å². The van der Waals surface area contributed by atoms with Gasteiger partial charge in [0.1, 0.15) is 42.5 Å². The number of ether oxygens (including phenoxy) is 5. The molecule has 2 aromatic carbocycles. The number of aryl methyl sites for hydroxylation is 1. The first-order valence-corrected chi connectivity index (χ1v) is 16.8. The lowest BCUT2D eigenvalue weighted by Gasteiger charge is -2.26. The van der Waals surface area contributed by atoms with Gasteiger partial charge in [0.05, 0.1) is 33.0 Å². The smallest absolute Gasteiger partial charge is 0.407 e. The number of hydrogen-bond donors (Lipinski definition) is 2. The maximum Gasteiger partial charge on any atom is 0.407 e. The van der Waals surface area contributed by atoms with E-state index in [1.54, 1.807) is 20.0 Å². The van der Waals surface area contributed by atoms with Crippen LogP contribution < -0.4 is 20.1 Å². The quantitative estimate of drug-likeness (QED) is 0.120. The number of nitrogens with zero attached hydrogens (tertiary/aromatic N) is 1. The topological polar surface area (TPSA) is 125 Å². The van der Waals surface area contributed by atoms with Gasteiger partial charge < -0.3 is 39.2 Å². The van der Waals surface area contributed by atoms with Gasteiger partial charge >= 0.3 is 6.09 Å². The fraction of sp³-hybridized carbons (Fsp3) is 0.541. The molecule has 0 aliphatic heterocycles. The Hall–Kier alpha value is -4.23. The largest absolute Gasteiger partial charge is 0.491 e. The van der Waals surface area contributed by atoms with E-state index in [4.69, 9.17) is 23.7 Å². The van der Waals surface area contributed by atoms with Crippen LogP contribution in [-0.4, -0.2) is 95.2 Å². The van der Waals surface area contributed by atoms with Gasteiger partial charge in [-0.2, -0.15) is 0 Å². The molecular formula is C37H53F2N3O8. The molecule has 13 heteroatoms. The molecular weight excluding hydrogens is 652 g/mol. The van der Waals surface area contributed by atoms with E-state index < -0.39 is 23.4 Å². The Morgan fingerprint density at radius 1 is 0.920 bits per heavy atom. The van der Waals surface area contributed by atoms with Crippen molar-refractivity contribution in [3.63, 3.8) is 0 Å². The summed E-state index contributed by atoms with van der Waals surface area (Å²) in [5.41, 5.74) is 2.00. The minimum Gasteiger partial charge on any atom is -0.491 e. The van der Waals surface area contributed by atoms with Gasteiger partial charge in [-0.05, 0) is 67.0 Å². The average molecular weight is 706 g/mol. The molecule has 0 aromatic heterocycles. The minimum absolute atomic E-state index is 0.141. The van der Waals surface area contributed by atoms with E-state index in [1.165, 1.54) is 35.2 Å². The summed E-state index contributed by atoms with van der Waals surface area (Å²) in [7, 11) is 1.59. The summed E-state index contributed by atoms with van der Waals surface area (Å²) in [4.78, 5) is 37.6. The third-order valence-corrected chi connectivity index (χ3v) is 7.52. The monoisotopic (exact) mass is 705 g/mol. The number of nitrogens with one attached hydrogen (secondary N) is 2. The molecule has 1 atom stereocenters. The predicted octanol–water partition coefficient (Wildman–Crippen LogP) is 5.16. The van der Waals surface area contributed by atoms with Crippen LogP contribution >= 0.6 is 0 Å². The zero-order valence-electron chi connectivity index (χ0n) is 30.2. The van der Waals surface area contributed by atoms with Crippen LogP contribution in [0.1, 0.15) is 50.8 Å². The first-order chi connectivity index (χ1) is 23.7. The van der Waals surface area contributed by atoms with E-state index in [0.717, 1.165) is 16.7 Å². The molecule has 2 rings (SSSR count). The van der Waals surface area contributed by atoms with Crippen molar-refractivity contribution in [1.82, 2.24) is 15.5 Å². The van der Waals surface area contributed by atoms with Gasteiger partial charge in [-0.15, -0.1) is 0 Å². The van der Waals surface area contributed by atoms with Crippen LogP contribution in [0.2, 0.25) is 0 Å². The zero-order chi connectivity index (χ0) is 37.1. The van der Waals surface area contributed by atoms with Crippen LogP contribution in [-0.2, 0) is 36.6 Å². The van der Waals surface area contributed by atoms with E-state index in [1.807, 2.05) is 27.7 Å². The normalized spacial score (nSPS) is 11.8. The number of carbonyl (C=O) groups excluding carboxylic acids is 3. The lowest BCUT2D eigenvalue weighted by Crippen LogP contribution is -2.37. The van der Waals surface area contributed by atoms with Crippen LogP contribution in [0, 0.1) is 24.0 Å². The molecule has 0 fully saturated rings. The van der Waals surface area contributed by atoms with Crippen molar-refractivity contribution in [2.24, 2.45) is 5.41 Å². The summed E-state index contributed by atoms with van der Waals surface area (Å²) in [5.74, 6) is -0.303. The molecule has 278 valence electrons. The molecule has 2 aromatic rings. The lowest BCUT2D eigenvalue weighted by molar-refractivity contribution is -0.126. The summed E-state index contributed by atoms with van der Waals surface area (Å²) in [6, 6.07) is 7.20. The Kier molecular flexibility index (Phi) is 18.3. The molecule has 11 nitrogen and oxygen atoms in total. The molecule has 0 spiro atoms. The summed E-state index contributed by atoms with van der Waals surface area (Å²) in [6.07, 6.45) is 1.36. The van der Waals surface area contributed by atoms with E-state index in [0.29, 0.717) is 44.1 Å². The van der Waals surface area contributed by atoms with Gasteiger partial charge in [-0.25, -0.2) is 13.6 Å². The van der Waals surface area contributed by atoms with Crippen molar-refractivity contribution in [3.05, 3.63) is 71.3 Å². The molecule has 0 aliphatic carbocycles. The zero-order valence-corrected chi connectivity index (χ0v) is 30.2. The Labute approximate surface area is 294 Å². The van der Waals surface area contributed by atoms with Crippen LogP contribution in [0.15, 0.2) is 43.0 Å². The fourth-order valence-electron chi connectivity index (χ4n) is 5.16. The molecule has 0 bridgehead atoms. The summed E-state index contributed by atoms with van der Waals surface area (Å²) >= 11 is 0. The minimum atomic E-state index is -0.623. The number of benzene rings is 2. The van der Waals surface area contributed by atoms with Gasteiger partial charge in [-0.3, -0.25) is 9.59 Å². The second-order valence-corrected chi connectivity index (χ2v) is 12.7. The molecule has 0 heterocycles. The highest BCUT2D eigenvalue weighted by atomic mass is 19.1. The van der Waals surface area contributed by atoms with Crippen molar-refractivity contribution >= 4 is 17.9 Å². The number of alkyl carbamates (subject to hydrolysis) is 1. The fourth-order valence-corrected chi connectivity index (χ4v) is 5.16. The van der Waals surface area contributed by atoms with Crippen LogP contribution in [0.5, 0.6) is 11.5 Å². The molecule has 50 heavy (non-hydrogen) atoms. The maximum atomic E-state index is 14.7. The Balaban J connectivity index is 1.70. The van der Waals surface area contributed by atoms with Gasteiger partial charge in [0.2, 0.25) is 11.8 Å². The highest BCUT2D eigenvalue weighted by Crippen LogP contribution is 2.32. The van der Waals surface area contributed by atoms with Gasteiger partial charge in [-0.1, -0.05) is 33.4 Å². The van der Waals surface area contributed by atoms with Crippen molar-refractivity contribution in [2.75, 3.05) is 66.3 Å².